The van der Waals surface area contributed by atoms with Crippen molar-refractivity contribution in [1.82, 2.24) is 4.90 Å². The van der Waals surface area contributed by atoms with Crippen LogP contribution in [0.15, 0.2) is 0 Å². The van der Waals surface area contributed by atoms with E-state index in [1.165, 1.54) is 44.9 Å². The lowest BCUT2D eigenvalue weighted by molar-refractivity contribution is -0.765. The molecule has 0 aromatic carbocycles. The first kappa shape index (κ1) is 20.6. The van der Waals surface area contributed by atoms with Gasteiger partial charge in [-0.05, 0) is 20.5 Å². The third kappa shape index (κ3) is 14.3. The molecule has 126 valence electrons. The lowest BCUT2D eigenvalue weighted by atomic mass is 10.1. The van der Waals surface area contributed by atoms with Gasteiger partial charge in [-0.3, -0.25) is 0 Å². The van der Waals surface area contributed by atoms with Gasteiger partial charge in [0.2, 0.25) is 0 Å². The van der Waals surface area contributed by atoms with E-state index in [-0.39, 0.29) is 11.0 Å². The minimum atomic E-state index is -0.170. The zero-order valence-corrected chi connectivity index (χ0v) is 14.5. The minimum absolute atomic E-state index is 0.156. The molecule has 0 bridgehead atoms. The molecule has 0 aromatic rings. The van der Waals surface area contributed by atoms with Crippen LogP contribution < -0.4 is 5.06 Å². The van der Waals surface area contributed by atoms with E-state index in [0.29, 0.717) is 13.0 Å². The second-order valence-corrected chi connectivity index (χ2v) is 6.33. The van der Waals surface area contributed by atoms with Gasteiger partial charge in [0.25, 0.3) is 0 Å². The number of rotatable bonds is 14. The van der Waals surface area contributed by atoms with Crippen molar-refractivity contribution in [3.63, 3.8) is 0 Å². The fourth-order valence-electron chi connectivity index (χ4n) is 2.43. The number of hydroxylamine groups is 2. The molecule has 4 heteroatoms. The first-order valence-corrected chi connectivity index (χ1v) is 8.78. The molecule has 1 atom stereocenters. The van der Waals surface area contributed by atoms with E-state index in [1.54, 1.807) is 0 Å². The Bertz CT molecular complexity index is 245. The number of nitrogens with one attached hydrogen (secondary N) is 1. The number of carbonyl (C=O) groups is 1. The van der Waals surface area contributed by atoms with Crippen LogP contribution in [0, 0.1) is 5.21 Å². The van der Waals surface area contributed by atoms with E-state index in [2.05, 4.69) is 6.92 Å². The quantitative estimate of drug-likeness (QED) is 0.396. The van der Waals surface area contributed by atoms with Crippen LogP contribution in [0.3, 0.4) is 0 Å². The largest absolute Gasteiger partial charge is 0.627 e. The molecule has 0 aliphatic rings. The molecule has 0 saturated carbocycles. The Labute approximate surface area is 131 Å². The zero-order chi connectivity index (χ0) is 15.9. The Morgan fingerprint density at radius 1 is 0.905 bits per heavy atom. The molecular weight excluding hydrogens is 264 g/mol. The molecule has 0 aromatic heterocycles. The van der Waals surface area contributed by atoms with E-state index < -0.39 is 0 Å². The fourth-order valence-corrected chi connectivity index (χ4v) is 2.43. The summed E-state index contributed by atoms with van der Waals surface area (Å²) >= 11 is 0. The van der Waals surface area contributed by atoms with Gasteiger partial charge in [0.05, 0.1) is 13.0 Å². The normalized spacial score (nSPS) is 12.8. The van der Waals surface area contributed by atoms with E-state index in [1.807, 2.05) is 19.0 Å². The highest BCUT2D eigenvalue weighted by Crippen LogP contribution is 2.10. The number of carbonyl (C=O) groups excluding carboxylic acids is 1. The second kappa shape index (κ2) is 14.5. The molecule has 1 unspecified atom stereocenters. The number of quaternary nitrogens is 1. The maximum Gasteiger partial charge on any atom is 0.312 e. The van der Waals surface area contributed by atoms with Crippen LogP contribution in [-0.2, 0) is 4.79 Å². The Morgan fingerprint density at radius 2 is 1.43 bits per heavy atom. The zero-order valence-electron chi connectivity index (χ0n) is 14.5. The second-order valence-electron chi connectivity index (χ2n) is 6.33. The highest BCUT2D eigenvalue weighted by Gasteiger charge is 2.10. The molecule has 1 N–H and O–H groups in total. The maximum atomic E-state index is 11.7. The third-order valence-corrected chi connectivity index (χ3v) is 3.83. The van der Waals surface area contributed by atoms with Crippen LogP contribution in [0.5, 0.6) is 0 Å². The summed E-state index contributed by atoms with van der Waals surface area (Å²) in [7, 11) is 3.96. The summed E-state index contributed by atoms with van der Waals surface area (Å²) in [4.78, 5) is 13.7. The molecular formula is C17H36N2O2. The number of amides is 1. The van der Waals surface area contributed by atoms with Gasteiger partial charge in [0.1, 0.15) is 0 Å². The molecule has 0 saturated heterocycles. The summed E-state index contributed by atoms with van der Waals surface area (Å²) in [5.41, 5.74) is 0. The summed E-state index contributed by atoms with van der Waals surface area (Å²) in [5.74, 6) is -0.156. The van der Waals surface area contributed by atoms with Gasteiger partial charge >= 0.3 is 5.91 Å². The van der Waals surface area contributed by atoms with Crippen molar-refractivity contribution < 1.29 is 9.86 Å². The predicted molar refractivity (Wildman–Crippen MR) is 89.2 cm³/mol. The molecule has 0 aliphatic carbocycles. The molecule has 0 radical (unpaired) electrons. The predicted octanol–water partition coefficient (Wildman–Crippen LogP) is 2.77. The molecule has 0 fully saturated rings. The highest BCUT2D eigenvalue weighted by atomic mass is 16.5. The first-order valence-electron chi connectivity index (χ1n) is 8.78. The van der Waals surface area contributed by atoms with Crippen LogP contribution in [0.4, 0.5) is 0 Å². The van der Waals surface area contributed by atoms with Crippen LogP contribution >= 0.6 is 0 Å². The maximum absolute atomic E-state index is 11.7. The topological polar surface area (TPSA) is 47.8 Å². The Hall–Kier alpha value is -0.450. The van der Waals surface area contributed by atoms with Crippen LogP contribution in [0.2, 0.25) is 0 Å². The van der Waals surface area contributed by atoms with Gasteiger partial charge < -0.3 is 15.2 Å². The first-order chi connectivity index (χ1) is 10.1. The summed E-state index contributed by atoms with van der Waals surface area (Å²) in [6, 6.07) is 0. The van der Waals surface area contributed by atoms with Crippen molar-refractivity contribution in [2.24, 2.45) is 0 Å². The van der Waals surface area contributed by atoms with Crippen molar-refractivity contribution in [2.45, 2.75) is 77.6 Å². The standard InChI is InChI=1S/C17H36N2O2/c1-4-5-6-7-8-9-10-11-12-14-17(20)19(21)16-13-15-18(2)3/h19H,4-16H2,1-3H3. The fraction of sp³-hybridized carbons (Fsp3) is 0.941. The van der Waals surface area contributed by atoms with Gasteiger partial charge in [-0.1, -0.05) is 58.3 Å². The van der Waals surface area contributed by atoms with E-state index in [0.717, 1.165) is 25.8 Å². The summed E-state index contributed by atoms with van der Waals surface area (Å²) < 4.78 is 0. The number of hydrogen-bond donors (Lipinski definition) is 1. The Morgan fingerprint density at radius 3 is 1.95 bits per heavy atom. The van der Waals surface area contributed by atoms with Crippen molar-refractivity contribution in [3.8, 4) is 0 Å². The molecule has 0 spiro atoms. The molecule has 0 rings (SSSR count). The lowest BCUT2D eigenvalue weighted by Crippen LogP contribution is -3.10. The Balaban J connectivity index is 3.36. The smallest absolute Gasteiger partial charge is 0.312 e. The number of nitrogens with zero attached hydrogens (tertiary/aromatic N) is 1. The summed E-state index contributed by atoms with van der Waals surface area (Å²) in [6.45, 7) is 3.52. The average Bonchev–Trinajstić information content (AvgIpc) is 2.44. The average molecular weight is 300 g/mol. The van der Waals surface area contributed by atoms with Gasteiger partial charge in [-0.2, -0.15) is 0 Å². The van der Waals surface area contributed by atoms with Crippen LogP contribution in [0.1, 0.15) is 77.6 Å². The van der Waals surface area contributed by atoms with Gasteiger partial charge in [0.15, 0.2) is 0 Å². The number of hydrogen-bond acceptors (Lipinski definition) is 3. The van der Waals surface area contributed by atoms with Crippen LogP contribution in [-0.4, -0.2) is 38.0 Å². The molecule has 1 amide bonds. The van der Waals surface area contributed by atoms with Gasteiger partial charge in [-0.15, -0.1) is 0 Å². The van der Waals surface area contributed by atoms with Crippen molar-refractivity contribution in [3.05, 3.63) is 5.21 Å². The SMILES string of the molecule is CCCCCCCCCCCC(=O)[NH+]([O-])CCCN(C)C. The molecule has 0 heterocycles. The summed E-state index contributed by atoms with van der Waals surface area (Å²) in [5, 5.41) is 11.5. The summed E-state index contributed by atoms with van der Waals surface area (Å²) in [6.07, 6.45) is 12.4. The van der Waals surface area contributed by atoms with Crippen molar-refractivity contribution in [2.75, 3.05) is 27.2 Å². The minimum Gasteiger partial charge on any atom is -0.627 e. The van der Waals surface area contributed by atoms with Crippen LogP contribution in [0.25, 0.3) is 0 Å². The number of unbranched alkanes of at least 4 members (excludes halogenated alkanes) is 8. The highest BCUT2D eigenvalue weighted by molar-refractivity contribution is 5.66. The monoisotopic (exact) mass is 300 g/mol. The third-order valence-electron chi connectivity index (χ3n) is 3.83. The Kier molecular flexibility index (Phi) is 14.2. The molecule has 4 nitrogen and oxygen atoms in total. The van der Waals surface area contributed by atoms with Gasteiger partial charge in [0, 0.05) is 13.0 Å². The van der Waals surface area contributed by atoms with E-state index in [9.17, 15) is 10.0 Å². The van der Waals surface area contributed by atoms with Crippen molar-refractivity contribution >= 4 is 5.91 Å². The molecule has 0 aliphatic heterocycles. The van der Waals surface area contributed by atoms with E-state index in [4.69, 9.17) is 0 Å². The molecule has 21 heavy (non-hydrogen) atoms. The van der Waals surface area contributed by atoms with E-state index >= 15 is 0 Å². The lowest BCUT2D eigenvalue weighted by Gasteiger charge is -2.20. The van der Waals surface area contributed by atoms with Crippen molar-refractivity contribution in [1.29, 1.82) is 0 Å². The van der Waals surface area contributed by atoms with Gasteiger partial charge in [-0.25, -0.2) is 4.79 Å².